The molecule has 1 aromatic carbocycles. The van der Waals surface area contributed by atoms with Gasteiger partial charge in [0.25, 0.3) is 0 Å². The van der Waals surface area contributed by atoms with E-state index in [1.165, 1.54) is 11.1 Å². The summed E-state index contributed by atoms with van der Waals surface area (Å²) in [5, 5.41) is 0. The maximum Gasteiger partial charge on any atom is 0.132 e. The molecule has 2 bridgehead atoms. The molecule has 2 unspecified atom stereocenters. The molecule has 2 nitrogen and oxygen atoms in total. The number of rotatable bonds is 1. The van der Waals surface area contributed by atoms with Gasteiger partial charge in [-0.2, -0.15) is 0 Å². The van der Waals surface area contributed by atoms with E-state index >= 15 is 0 Å². The van der Waals surface area contributed by atoms with Crippen molar-refractivity contribution in [3.05, 3.63) is 39.0 Å². The molecular formula is C13H13IO2. The molecule has 0 saturated heterocycles. The number of hydrogen-bond acceptors (Lipinski definition) is 2. The van der Waals surface area contributed by atoms with E-state index in [-0.39, 0.29) is 11.2 Å². The molecule has 0 aliphatic carbocycles. The molecule has 3 heteroatoms. The molecule has 0 saturated carbocycles. The second kappa shape index (κ2) is 3.01. The SMILES string of the molecule is COc1ccc2c(c1I)C1(C)C=CC2(C)O1. The third-order valence-electron chi connectivity index (χ3n) is 3.50. The molecular weight excluding hydrogens is 315 g/mol. The Balaban J connectivity index is 2.32. The van der Waals surface area contributed by atoms with Crippen LogP contribution >= 0.6 is 22.6 Å². The molecule has 2 aliphatic heterocycles. The Morgan fingerprint density at radius 2 is 1.88 bits per heavy atom. The van der Waals surface area contributed by atoms with Crippen LogP contribution in [-0.2, 0) is 15.9 Å². The fourth-order valence-corrected chi connectivity index (χ4v) is 3.95. The molecule has 0 spiro atoms. The number of methoxy groups -OCH3 is 1. The van der Waals surface area contributed by atoms with Gasteiger partial charge in [-0.25, -0.2) is 0 Å². The van der Waals surface area contributed by atoms with E-state index in [9.17, 15) is 0 Å². The van der Waals surface area contributed by atoms with Crippen molar-refractivity contribution in [3.8, 4) is 5.75 Å². The molecule has 0 amide bonds. The summed E-state index contributed by atoms with van der Waals surface area (Å²) in [7, 11) is 1.71. The van der Waals surface area contributed by atoms with E-state index in [0.717, 1.165) is 9.32 Å². The van der Waals surface area contributed by atoms with Crippen molar-refractivity contribution in [1.82, 2.24) is 0 Å². The Morgan fingerprint density at radius 3 is 2.56 bits per heavy atom. The smallest absolute Gasteiger partial charge is 0.132 e. The monoisotopic (exact) mass is 328 g/mol. The van der Waals surface area contributed by atoms with Crippen LogP contribution in [0.15, 0.2) is 24.3 Å². The molecule has 0 N–H and O–H groups in total. The first-order valence-corrected chi connectivity index (χ1v) is 6.36. The molecule has 2 aliphatic rings. The topological polar surface area (TPSA) is 18.5 Å². The zero-order chi connectivity index (χ0) is 11.6. The van der Waals surface area contributed by atoms with Crippen LogP contribution in [0, 0.1) is 3.57 Å². The summed E-state index contributed by atoms with van der Waals surface area (Å²) in [5.74, 6) is 0.925. The second-order valence-electron chi connectivity index (χ2n) is 4.65. The zero-order valence-corrected chi connectivity index (χ0v) is 11.7. The van der Waals surface area contributed by atoms with Crippen molar-refractivity contribution < 1.29 is 9.47 Å². The first kappa shape index (κ1) is 10.6. The average Bonchev–Trinajstić information content (AvgIpc) is 2.66. The summed E-state index contributed by atoms with van der Waals surface area (Å²) in [4.78, 5) is 0. The molecule has 2 heterocycles. The van der Waals surface area contributed by atoms with E-state index in [2.05, 4.69) is 54.7 Å². The molecule has 2 atom stereocenters. The first-order chi connectivity index (χ1) is 7.50. The summed E-state index contributed by atoms with van der Waals surface area (Å²) in [5.41, 5.74) is 1.99. The number of halogens is 1. The summed E-state index contributed by atoms with van der Waals surface area (Å²) >= 11 is 2.34. The Morgan fingerprint density at radius 1 is 1.19 bits per heavy atom. The highest BCUT2D eigenvalue weighted by molar-refractivity contribution is 14.1. The minimum atomic E-state index is -0.283. The van der Waals surface area contributed by atoms with Crippen molar-refractivity contribution >= 4 is 22.6 Å². The second-order valence-corrected chi connectivity index (χ2v) is 5.73. The molecule has 84 valence electrons. The Hall–Kier alpha value is -0.550. The molecule has 1 aromatic rings. The van der Waals surface area contributed by atoms with Gasteiger partial charge in [-0.05, 0) is 60.2 Å². The van der Waals surface area contributed by atoms with Gasteiger partial charge in [-0.1, -0.05) is 6.07 Å². The van der Waals surface area contributed by atoms with Crippen molar-refractivity contribution in [3.63, 3.8) is 0 Å². The summed E-state index contributed by atoms with van der Waals surface area (Å²) in [6.45, 7) is 4.23. The molecule has 0 fully saturated rings. The van der Waals surface area contributed by atoms with Gasteiger partial charge in [0.1, 0.15) is 17.0 Å². The van der Waals surface area contributed by atoms with E-state index in [4.69, 9.17) is 9.47 Å². The highest BCUT2D eigenvalue weighted by atomic mass is 127. The van der Waals surface area contributed by atoms with Crippen LogP contribution in [0.5, 0.6) is 5.75 Å². The van der Waals surface area contributed by atoms with E-state index in [1.807, 2.05) is 6.07 Å². The van der Waals surface area contributed by atoms with Crippen molar-refractivity contribution in [2.45, 2.75) is 25.0 Å². The van der Waals surface area contributed by atoms with Crippen molar-refractivity contribution in [2.24, 2.45) is 0 Å². The maximum absolute atomic E-state index is 6.13. The van der Waals surface area contributed by atoms with Gasteiger partial charge in [0.2, 0.25) is 0 Å². The summed E-state index contributed by atoms with van der Waals surface area (Å²) in [6.07, 6.45) is 4.30. The summed E-state index contributed by atoms with van der Waals surface area (Å²) < 4.78 is 12.7. The summed E-state index contributed by atoms with van der Waals surface area (Å²) in [6, 6.07) is 4.14. The van der Waals surface area contributed by atoms with Crippen LogP contribution in [0.4, 0.5) is 0 Å². The normalized spacial score (nSPS) is 34.2. The van der Waals surface area contributed by atoms with Gasteiger partial charge < -0.3 is 9.47 Å². The lowest BCUT2D eigenvalue weighted by Crippen LogP contribution is -2.17. The number of hydrogen-bond donors (Lipinski definition) is 0. The van der Waals surface area contributed by atoms with Crippen LogP contribution in [0.25, 0.3) is 0 Å². The Bertz CT molecular complexity index is 509. The van der Waals surface area contributed by atoms with Gasteiger partial charge in [0.15, 0.2) is 0 Å². The largest absolute Gasteiger partial charge is 0.496 e. The van der Waals surface area contributed by atoms with Gasteiger partial charge in [-0.3, -0.25) is 0 Å². The van der Waals surface area contributed by atoms with Crippen LogP contribution in [0.1, 0.15) is 25.0 Å². The number of fused-ring (bicyclic) bond motifs is 5. The maximum atomic E-state index is 6.13. The zero-order valence-electron chi connectivity index (χ0n) is 9.50. The minimum absolute atomic E-state index is 0.254. The lowest BCUT2D eigenvalue weighted by atomic mass is 9.83. The van der Waals surface area contributed by atoms with Crippen LogP contribution in [0.2, 0.25) is 0 Å². The fourth-order valence-electron chi connectivity index (χ4n) is 2.72. The predicted octanol–water partition coefficient (Wildman–Crippen LogP) is 3.33. The first-order valence-electron chi connectivity index (χ1n) is 5.28. The third kappa shape index (κ3) is 1.10. The van der Waals surface area contributed by atoms with Crippen molar-refractivity contribution in [1.29, 1.82) is 0 Å². The lowest BCUT2D eigenvalue weighted by Gasteiger charge is -2.20. The van der Waals surface area contributed by atoms with E-state index < -0.39 is 0 Å². The number of ether oxygens (including phenoxy) is 2. The molecule has 0 radical (unpaired) electrons. The fraction of sp³-hybridized carbons (Fsp3) is 0.385. The lowest BCUT2D eigenvalue weighted by molar-refractivity contribution is -0.0497. The predicted molar refractivity (Wildman–Crippen MR) is 70.6 cm³/mol. The average molecular weight is 328 g/mol. The quantitative estimate of drug-likeness (QED) is 0.582. The standard InChI is InChI=1S/C13H13IO2/c1-12-6-7-13(2,16-12)10-8(12)4-5-9(15-3)11(10)14/h4-7H,1-3H3. The van der Waals surface area contributed by atoms with Crippen LogP contribution < -0.4 is 4.74 Å². The Labute approximate surface area is 109 Å². The van der Waals surface area contributed by atoms with Crippen LogP contribution in [0.3, 0.4) is 0 Å². The number of benzene rings is 1. The molecule has 0 aromatic heterocycles. The van der Waals surface area contributed by atoms with Gasteiger partial charge in [-0.15, -0.1) is 0 Å². The van der Waals surface area contributed by atoms with Gasteiger partial charge in [0.05, 0.1) is 10.7 Å². The third-order valence-corrected chi connectivity index (χ3v) is 4.57. The van der Waals surface area contributed by atoms with Crippen LogP contribution in [-0.4, -0.2) is 7.11 Å². The van der Waals surface area contributed by atoms with Gasteiger partial charge >= 0.3 is 0 Å². The highest BCUT2D eigenvalue weighted by Gasteiger charge is 2.51. The molecule has 3 rings (SSSR count). The molecule has 16 heavy (non-hydrogen) atoms. The Kier molecular flexibility index (Phi) is 2.00. The van der Waals surface area contributed by atoms with Gasteiger partial charge in [0, 0.05) is 5.56 Å². The highest BCUT2D eigenvalue weighted by Crippen LogP contribution is 2.55. The van der Waals surface area contributed by atoms with E-state index in [0.29, 0.717) is 0 Å². The minimum Gasteiger partial charge on any atom is -0.496 e. The van der Waals surface area contributed by atoms with Crippen molar-refractivity contribution in [2.75, 3.05) is 7.11 Å². The van der Waals surface area contributed by atoms with E-state index in [1.54, 1.807) is 7.11 Å².